The van der Waals surface area contributed by atoms with E-state index in [0.29, 0.717) is 5.92 Å². The first-order valence-electron chi connectivity index (χ1n) is 9.21. The molecule has 0 saturated carbocycles. The quantitative estimate of drug-likeness (QED) is 0.783. The summed E-state index contributed by atoms with van der Waals surface area (Å²) in [6, 6.07) is 0. The topological polar surface area (TPSA) is 36.4 Å². The molecular weight excluding hydrogens is 318 g/mol. The van der Waals surface area contributed by atoms with Crippen molar-refractivity contribution in [1.29, 1.82) is 0 Å². The Morgan fingerprint density at radius 2 is 2.12 bits per heavy atom. The maximum Gasteiger partial charge on any atom is 0.246 e. The molecule has 0 radical (unpaired) electrons. The number of carbonyl (C=O) groups is 1. The van der Waals surface area contributed by atoms with Gasteiger partial charge in [-0.25, -0.2) is 4.98 Å². The minimum atomic E-state index is 0.137. The molecule has 1 aromatic rings. The Kier molecular flexibility index (Phi) is 6.06. The highest BCUT2D eigenvalue weighted by Gasteiger charge is 2.25. The Morgan fingerprint density at radius 3 is 2.83 bits per heavy atom. The molecule has 5 heteroatoms. The lowest BCUT2D eigenvalue weighted by molar-refractivity contribution is -0.127. The lowest BCUT2D eigenvalue weighted by atomic mass is 9.94. The van der Waals surface area contributed by atoms with E-state index >= 15 is 0 Å². The fourth-order valence-electron chi connectivity index (χ4n) is 3.74. The lowest BCUT2D eigenvalue weighted by Crippen LogP contribution is -2.44. The molecule has 2 aliphatic rings. The first kappa shape index (κ1) is 17.6. The van der Waals surface area contributed by atoms with E-state index in [2.05, 4.69) is 16.8 Å². The summed E-state index contributed by atoms with van der Waals surface area (Å²) in [7, 11) is 0. The molecular formula is C19H29N3OS. The number of likely N-dealkylation sites (tertiary alicyclic amines) is 2. The van der Waals surface area contributed by atoms with Crippen LogP contribution in [0.15, 0.2) is 11.5 Å². The van der Waals surface area contributed by atoms with Gasteiger partial charge in [-0.05, 0) is 63.6 Å². The third kappa shape index (κ3) is 4.90. The second kappa shape index (κ2) is 8.26. The van der Waals surface area contributed by atoms with Crippen LogP contribution in [0.5, 0.6) is 0 Å². The minimum Gasteiger partial charge on any atom is -0.339 e. The Balaban J connectivity index is 1.49. The van der Waals surface area contributed by atoms with E-state index in [1.165, 1.54) is 32.4 Å². The molecule has 2 fully saturated rings. The van der Waals surface area contributed by atoms with E-state index in [1.54, 1.807) is 17.4 Å². The van der Waals surface area contributed by atoms with E-state index in [0.717, 1.165) is 42.7 Å². The highest BCUT2D eigenvalue weighted by Crippen LogP contribution is 2.22. The lowest BCUT2D eigenvalue weighted by Gasteiger charge is -2.37. The van der Waals surface area contributed by atoms with Gasteiger partial charge < -0.3 is 9.80 Å². The molecule has 0 aliphatic carbocycles. The molecule has 2 aliphatic heterocycles. The number of rotatable bonds is 4. The average Bonchev–Trinajstić information content (AvgIpc) is 3.00. The van der Waals surface area contributed by atoms with E-state index in [9.17, 15) is 4.79 Å². The molecule has 4 nitrogen and oxygen atoms in total. The number of nitrogens with zero attached hydrogens (tertiary/aromatic N) is 3. The molecule has 3 rings (SSSR count). The molecule has 0 spiro atoms. The van der Waals surface area contributed by atoms with Gasteiger partial charge in [0.1, 0.15) is 0 Å². The van der Waals surface area contributed by atoms with Gasteiger partial charge in [0.05, 0.1) is 10.7 Å². The molecule has 0 unspecified atom stereocenters. The van der Waals surface area contributed by atoms with Gasteiger partial charge in [-0.3, -0.25) is 4.79 Å². The van der Waals surface area contributed by atoms with E-state index in [1.807, 2.05) is 23.3 Å². The predicted molar refractivity (Wildman–Crippen MR) is 100 cm³/mol. The van der Waals surface area contributed by atoms with Crippen LogP contribution in [0.1, 0.15) is 43.3 Å². The van der Waals surface area contributed by atoms with Crippen molar-refractivity contribution in [2.75, 3.05) is 32.7 Å². The molecule has 1 atom stereocenters. The summed E-state index contributed by atoms with van der Waals surface area (Å²) in [4.78, 5) is 21.5. The van der Waals surface area contributed by atoms with Crippen molar-refractivity contribution in [3.63, 3.8) is 0 Å². The zero-order chi connectivity index (χ0) is 16.9. The summed E-state index contributed by atoms with van der Waals surface area (Å²) in [5.41, 5.74) is 0.891. The van der Waals surface area contributed by atoms with E-state index in [-0.39, 0.29) is 5.91 Å². The van der Waals surface area contributed by atoms with E-state index < -0.39 is 0 Å². The maximum absolute atomic E-state index is 12.5. The van der Waals surface area contributed by atoms with Gasteiger partial charge in [-0.1, -0.05) is 6.92 Å². The van der Waals surface area contributed by atoms with Crippen LogP contribution in [-0.4, -0.2) is 53.4 Å². The number of hydrogen-bond acceptors (Lipinski definition) is 4. The van der Waals surface area contributed by atoms with Crippen molar-refractivity contribution in [2.45, 2.75) is 39.5 Å². The third-order valence-corrected chi connectivity index (χ3v) is 6.05. The molecule has 1 amide bonds. The standard InChI is InChI=1S/C19H29N3OS/c1-15-7-10-21(11-8-15)12-17-4-3-9-22(13-17)19(23)6-5-18-14-24-16(2)20-18/h5-6,14-15,17H,3-4,7-13H2,1-2H3/b6-5+/t17-/m1/s1. The van der Waals surface area contributed by atoms with Crippen LogP contribution in [0.2, 0.25) is 0 Å². The van der Waals surface area contributed by atoms with Crippen molar-refractivity contribution in [2.24, 2.45) is 11.8 Å². The van der Waals surface area contributed by atoms with Crippen molar-refractivity contribution in [1.82, 2.24) is 14.8 Å². The first-order chi connectivity index (χ1) is 11.6. The fourth-order valence-corrected chi connectivity index (χ4v) is 4.32. The Hall–Kier alpha value is -1.20. The average molecular weight is 348 g/mol. The Bertz CT molecular complexity index is 575. The molecule has 0 aromatic carbocycles. The maximum atomic E-state index is 12.5. The molecule has 24 heavy (non-hydrogen) atoms. The minimum absolute atomic E-state index is 0.137. The first-order valence-corrected chi connectivity index (χ1v) is 10.1. The Labute approximate surface area is 149 Å². The van der Waals surface area contributed by atoms with Gasteiger partial charge in [0.25, 0.3) is 0 Å². The summed E-state index contributed by atoms with van der Waals surface area (Å²) in [6.45, 7) is 9.77. The van der Waals surface area contributed by atoms with Gasteiger partial charge in [-0.2, -0.15) is 0 Å². The summed E-state index contributed by atoms with van der Waals surface area (Å²) < 4.78 is 0. The number of aryl methyl sites for hydroxylation is 1. The molecule has 132 valence electrons. The number of aromatic nitrogens is 1. The second-order valence-corrected chi connectivity index (χ2v) is 8.46. The SMILES string of the molecule is Cc1nc(/C=C/C(=O)N2CCC[C@H](CN3CCC(C)CC3)C2)cs1. The number of carbonyl (C=O) groups excluding carboxylic acids is 1. The summed E-state index contributed by atoms with van der Waals surface area (Å²) in [5.74, 6) is 1.65. The monoisotopic (exact) mass is 347 g/mol. The van der Waals surface area contributed by atoms with Gasteiger partial charge in [0.2, 0.25) is 5.91 Å². The highest BCUT2D eigenvalue weighted by atomic mass is 32.1. The molecule has 0 bridgehead atoms. The van der Waals surface area contributed by atoms with Crippen molar-refractivity contribution >= 4 is 23.3 Å². The molecule has 1 aromatic heterocycles. The van der Waals surface area contributed by atoms with Gasteiger partial charge >= 0.3 is 0 Å². The second-order valence-electron chi connectivity index (χ2n) is 7.40. The van der Waals surface area contributed by atoms with Crippen molar-refractivity contribution in [3.05, 3.63) is 22.2 Å². The zero-order valence-electron chi connectivity index (χ0n) is 14.9. The van der Waals surface area contributed by atoms with Gasteiger partial charge in [0, 0.05) is 31.1 Å². The van der Waals surface area contributed by atoms with Gasteiger partial charge in [-0.15, -0.1) is 11.3 Å². The number of piperidine rings is 2. The van der Waals surface area contributed by atoms with Crippen LogP contribution in [0, 0.1) is 18.8 Å². The Morgan fingerprint density at radius 1 is 1.33 bits per heavy atom. The third-order valence-electron chi connectivity index (χ3n) is 5.26. The van der Waals surface area contributed by atoms with Gasteiger partial charge in [0.15, 0.2) is 0 Å². The molecule has 3 heterocycles. The number of amides is 1. The van der Waals surface area contributed by atoms with Crippen LogP contribution < -0.4 is 0 Å². The summed E-state index contributed by atoms with van der Waals surface area (Å²) in [5, 5.41) is 3.03. The van der Waals surface area contributed by atoms with Crippen LogP contribution in [-0.2, 0) is 4.79 Å². The fraction of sp³-hybridized carbons (Fsp3) is 0.684. The number of hydrogen-bond donors (Lipinski definition) is 0. The van der Waals surface area contributed by atoms with Crippen LogP contribution in [0.4, 0.5) is 0 Å². The van der Waals surface area contributed by atoms with E-state index in [4.69, 9.17) is 0 Å². The van der Waals surface area contributed by atoms with Crippen LogP contribution in [0.3, 0.4) is 0 Å². The smallest absolute Gasteiger partial charge is 0.246 e. The number of thiazole rings is 1. The van der Waals surface area contributed by atoms with Crippen molar-refractivity contribution < 1.29 is 4.79 Å². The summed E-state index contributed by atoms with van der Waals surface area (Å²) in [6.07, 6.45) is 8.58. The summed E-state index contributed by atoms with van der Waals surface area (Å²) >= 11 is 1.62. The zero-order valence-corrected chi connectivity index (χ0v) is 15.7. The highest BCUT2D eigenvalue weighted by molar-refractivity contribution is 7.09. The van der Waals surface area contributed by atoms with Crippen LogP contribution in [0.25, 0.3) is 6.08 Å². The molecule has 0 N–H and O–H groups in total. The van der Waals surface area contributed by atoms with Crippen molar-refractivity contribution in [3.8, 4) is 0 Å². The van der Waals surface area contributed by atoms with Crippen LogP contribution >= 0.6 is 11.3 Å². The predicted octanol–water partition coefficient (Wildman–Crippen LogP) is 3.44. The normalized spacial score (nSPS) is 23.9. The molecule has 2 saturated heterocycles. The largest absolute Gasteiger partial charge is 0.339 e.